The van der Waals surface area contributed by atoms with Crippen LogP contribution in [0.5, 0.6) is 0 Å². The van der Waals surface area contributed by atoms with E-state index in [0.717, 1.165) is 0 Å². The lowest BCUT2D eigenvalue weighted by Gasteiger charge is -1.69. The van der Waals surface area contributed by atoms with Crippen LogP contribution in [0.15, 0.2) is 74.9 Å². The van der Waals surface area contributed by atoms with Crippen LogP contribution in [0.25, 0.3) is 0 Å². The molecule has 1 aromatic rings. The van der Waals surface area contributed by atoms with Gasteiger partial charge in [-0.3, -0.25) is 0 Å². The minimum absolute atomic E-state index is 1.64. The highest BCUT2D eigenvalue weighted by Gasteiger charge is 1.57. The van der Waals surface area contributed by atoms with E-state index in [1.807, 2.05) is 36.4 Å². The number of hydrogen-bond donors (Lipinski definition) is 0. The smallest absolute Gasteiger partial charge is 0.0623 e. The van der Waals surface area contributed by atoms with Gasteiger partial charge in [0.2, 0.25) is 0 Å². The third-order valence-electron chi connectivity index (χ3n) is 0.833. The van der Waals surface area contributed by atoms with Gasteiger partial charge in [0.1, 0.15) is 0 Å². The summed E-state index contributed by atoms with van der Waals surface area (Å²) in [6.07, 6.45) is 3.28. The molecule has 1 aromatic carbocycles. The molecule has 0 aliphatic rings. The molecule has 0 nitrogen and oxygen atoms in total. The molecule has 12 heavy (non-hydrogen) atoms. The molecular weight excluding hydrogens is 144 g/mol. The van der Waals surface area contributed by atoms with Crippen molar-refractivity contribution in [3.8, 4) is 0 Å². The van der Waals surface area contributed by atoms with Gasteiger partial charge in [-0.1, -0.05) is 61.7 Å². The SMILES string of the molecule is C=C.C=CC=C.c1ccccc1. The molecule has 0 amide bonds. The monoisotopic (exact) mass is 160 g/mol. The minimum atomic E-state index is 1.64. The number of rotatable bonds is 1. The van der Waals surface area contributed by atoms with E-state index < -0.39 is 0 Å². The van der Waals surface area contributed by atoms with E-state index in [-0.39, 0.29) is 0 Å². The molecule has 0 aliphatic heterocycles. The summed E-state index contributed by atoms with van der Waals surface area (Å²) in [5, 5.41) is 0. The molecule has 0 fully saturated rings. The zero-order valence-electron chi connectivity index (χ0n) is 7.45. The van der Waals surface area contributed by atoms with E-state index in [0.29, 0.717) is 0 Å². The molecule has 0 saturated heterocycles. The van der Waals surface area contributed by atoms with Gasteiger partial charge in [-0.25, -0.2) is 0 Å². The largest absolute Gasteiger partial charge is 0.106 e. The molecule has 0 radical (unpaired) electrons. The van der Waals surface area contributed by atoms with Crippen LogP contribution in [-0.2, 0) is 0 Å². The predicted molar refractivity (Wildman–Crippen MR) is 58.1 cm³/mol. The average Bonchev–Trinajstić information content (AvgIpc) is 2.24. The highest BCUT2D eigenvalue weighted by Crippen LogP contribution is 1.79. The van der Waals surface area contributed by atoms with Crippen LogP contribution in [0.3, 0.4) is 0 Å². The summed E-state index contributed by atoms with van der Waals surface area (Å²) in [6, 6.07) is 12.0. The molecule has 1 rings (SSSR count). The van der Waals surface area contributed by atoms with Crippen molar-refractivity contribution in [3.63, 3.8) is 0 Å². The second kappa shape index (κ2) is 16.2. The number of benzene rings is 1. The lowest BCUT2D eigenvalue weighted by atomic mass is 10.4. The van der Waals surface area contributed by atoms with Crippen LogP contribution in [-0.4, -0.2) is 0 Å². The van der Waals surface area contributed by atoms with E-state index in [9.17, 15) is 0 Å². The van der Waals surface area contributed by atoms with Crippen molar-refractivity contribution >= 4 is 0 Å². The van der Waals surface area contributed by atoms with Crippen molar-refractivity contribution in [2.45, 2.75) is 0 Å². The zero-order valence-corrected chi connectivity index (χ0v) is 7.45. The molecule has 0 bridgehead atoms. The summed E-state index contributed by atoms with van der Waals surface area (Å²) in [5.41, 5.74) is 0. The second-order valence-corrected chi connectivity index (χ2v) is 1.63. The van der Waals surface area contributed by atoms with Gasteiger partial charge in [0.25, 0.3) is 0 Å². The highest BCUT2D eigenvalue weighted by molar-refractivity contribution is 4.99. The Morgan fingerprint density at radius 2 is 0.750 bits per heavy atom. The Morgan fingerprint density at radius 3 is 0.833 bits per heavy atom. The van der Waals surface area contributed by atoms with Gasteiger partial charge in [0.05, 0.1) is 0 Å². The Morgan fingerprint density at radius 1 is 0.583 bits per heavy atom. The van der Waals surface area contributed by atoms with Crippen LogP contribution in [0.4, 0.5) is 0 Å². The van der Waals surface area contributed by atoms with Gasteiger partial charge in [-0.05, 0) is 0 Å². The minimum Gasteiger partial charge on any atom is -0.106 e. The standard InChI is InChI=1S/C6H6.C4H6.C2H4/c1-2-4-6-5-3-1;1-3-4-2;1-2/h1-6H;3-4H,1-2H2;1-2H2. The van der Waals surface area contributed by atoms with Gasteiger partial charge < -0.3 is 0 Å². The summed E-state index contributed by atoms with van der Waals surface area (Å²) in [6.45, 7) is 12.7. The van der Waals surface area contributed by atoms with Gasteiger partial charge in [-0.2, -0.15) is 0 Å². The van der Waals surface area contributed by atoms with Crippen LogP contribution in [0.2, 0.25) is 0 Å². The van der Waals surface area contributed by atoms with Crippen molar-refractivity contribution in [2.75, 3.05) is 0 Å². The maximum absolute atomic E-state index is 3.36. The van der Waals surface area contributed by atoms with Crippen LogP contribution < -0.4 is 0 Å². The van der Waals surface area contributed by atoms with Gasteiger partial charge >= 0.3 is 0 Å². The molecule has 0 aliphatic carbocycles. The summed E-state index contributed by atoms with van der Waals surface area (Å²) in [5.74, 6) is 0. The topological polar surface area (TPSA) is 0 Å². The first kappa shape index (κ1) is 13.1. The van der Waals surface area contributed by atoms with Crippen molar-refractivity contribution in [2.24, 2.45) is 0 Å². The molecule has 0 aromatic heterocycles. The van der Waals surface area contributed by atoms with Crippen molar-refractivity contribution in [3.05, 3.63) is 74.9 Å². The van der Waals surface area contributed by atoms with Crippen molar-refractivity contribution < 1.29 is 0 Å². The third kappa shape index (κ3) is 15.8. The number of allylic oxidation sites excluding steroid dienone is 2. The maximum atomic E-state index is 3.36. The van der Waals surface area contributed by atoms with E-state index >= 15 is 0 Å². The van der Waals surface area contributed by atoms with E-state index in [2.05, 4.69) is 26.3 Å². The molecule has 0 unspecified atom stereocenters. The summed E-state index contributed by atoms with van der Waals surface area (Å²) >= 11 is 0. The fourth-order valence-electron chi connectivity index (χ4n) is 0.385. The van der Waals surface area contributed by atoms with Crippen molar-refractivity contribution in [1.82, 2.24) is 0 Å². The lowest BCUT2D eigenvalue weighted by Crippen LogP contribution is -1.47. The predicted octanol–water partition coefficient (Wildman–Crippen LogP) is 3.85. The highest BCUT2D eigenvalue weighted by atomic mass is 13.6. The normalized spacial score (nSPS) is 6.00. The Bertz CT molecular complexity index is 142. The first-order valence-corrected chi connectivity index (χ1v) is 3.65. The fraction of sp³-hybridized carbons (Fsp3) is 0. The van der Waals surface area contributed by atoms with E-state index in [4.69, 9.17) is 0 Å². The summed E-state index contributed by atoms with van der Waals surface area (Å²) in [7, 11) is 0. The second-order valence-electron chi connectivity index (χ2n) is 1.63. The van der Waals surface area contributed by atoms with E-state index in [1.165, 1.54) is 0 Å². The molecule has 0 heterocycles. The molecule has 0 heteroatoms. The Kier molecular flexibility index (Phi) is 17.6. The van der Waals surface area contributed by atoms with Gasteiger partial charge in [0, 0.05) is 0 Å². The van der Waals surface area contributed by atoms with Gasteiger partial charge in [0.15, 0.2) is 0 Å². The quantitative estimate of drug-likeness (QED) is 0.432. The van der Waals surface area contributed by atoms with Crippen LogP contribution in [0, 0.1) is 0 Å². The maximum Gasteiger partial charge on any atom is -0.0623 e. The number of hydrogen-bond acceptors (Lipinski definition) is 0. The summed E-state index contributed by atoms with van der Waals surface area (Å²) < 4.78 is 0. The Balaban J connectivity index is 0. The Labute approximate surface area is 75.6 Å². The van der Waals surface area contributed by atoms with Crippen LogP contribution in [0.1, 0.15) is 0 Å². The Hall–Kier alpha value is -1.56. The van der Waals surface area contributed by atoms with Gasteiger partial charge in [-0.15, -0.1) is 13.2 Å². The molecular formula is C12H16. The first-order chi connectivity index (χ1) is 5.91. The third-order valence-corrected chi connectivity index (χ3v) is 0.833. The molecule has 0 spiro atoms. The molecule has 0 saturated carbocycles. The molecule has 64 valence electrons. The zero-order chi connectivity index (χ0) is 9.66. The van der Waals surface area contributed by atoms with Crippen LogP contribution >= 0.6 is 0 Å². The molecule has 0 atom stereocenters. The lowest BCUT2D eigenvalue weighted by molar-refractivity contribution is 1.72. The molecule has 0 N–H and O–H groups in total. The fourth-order valence-corrected chi connectivity index (χ4v) is 0.385. The van der Waals surface area contributed by atoms with Crippen molar-refractivity contribution in [1.29, 1.82) is 0 Å². The average molecular weight is 160 g/mol. The first-order valence-electron chi connectivity index (χ1n) is 3.65. The summed E-state index contributed by atoms with van der Waals surface area (Å²) in [4.78, 5) is 0. The van der Waals surface area contributed by atoms with E-state index in [1.54, 1.807) is 12.2 Å².